The first-order chi connectivity index (χ1) is 16.7. The molecule has 1 aromatic rings. The van der Waals surface area contributed by atoms with Gasteiger partial charge in [-0.15, -0.1) is 0 Å². The second kappa shape index (κ2) is 12.3. The summed E-state index contributed by atoms with van der Waals surface area (Å²) in [5.41, 5.74) is 3.03. The molecule has 0 saturated carbocycles. The zero-order chi connectivity index (χ0) is 27.3. The van der Waals surface area contributed by atoms with Crippen LogP contribution in [0.4, 0.5) is 0 Å². The van der Waals surface area contributed by atoms with Crippen molar-refractivity contribution in [2.24, 2.45) is 11.0 Å². The molecular weight excluding hydrogens is 452 g/mol. The van der Waals surface area contributed by atoms with Crippen molar-refractivity contribution in [1.82, 2.24) is 5.01 Å². The summed E-state index contributed by atoms with van der Waals surface area (Å²) in [6.45, 7) is 20.3. The number of benzene rings is 1. The van der Waals surface area contributed by atoms with Crippen molar-refractivity contribution in [2.75, 3.05) is 27.4 Å². The van der Waals surface area contributed by atoms with E-state index in [1.54, 1.807) is 14.2 Å². The number of carbonyl (C=O) groups is 1. The van der Waals surface area contributed by atoms with Gasteiger partial charge < -0.3 is 14.2 Å². The third-order valence-electron chi connectivity index (χ3n) is 6.61. The molecule has 0 aliphatic carbocycles. The summed E-state index contributed by atoms with van der Waals surface area (Å²) >= 11 is 0. The second-order valence-electron chi connectivity index (χ2n) is 12.3. The van der Waals surface area contributed by atoms with Gasteiger partial charge >= 0.3 is 5.97 Å². The number of esters is 1. The van der Waals surface area contributed by atoms with Crippen molar-refractivity contribution < 1.29 is 19.0 Å². The lowest BCUT2D eigenvalue weighted by Crippen LogP contribution is -2.35. The van der Waals surface area contributed by atoms with Gasteiger partial charge in [0.05, 0.1) is 19.8 Å². The zero-order valence-corrected chi connectivity index (χ0v) is 24.4. The molecule has 1 fully saturated rings. The fraction of sp³-hybridized carbons (Fsp3) is 0.667. The quantitative estimate of drug-likeness (QED) is 0.164. The second-order valence-corrected chi connectivity index (χ2v) is 12.3. The minimum atomic E-state index is -0.395. The van der Waals surface area contributed by atoms with E-state index in [0.717, 1.165) is 42.7 Å². The van der Waals surface area contributed by atoms with Crippen LogP contribution >= 0.6 is 0 Å². The van der Waals surface area contributed by atoms with Crippen LogP contribution in [0.3, 0.4) is 0 Å². The molecule has 0 amide bonds. The fourth-order valence-corrected chi connectivity index (χ4v) is 4.41. The van der Waals surface area contributed by atoms with Crippen LogP contribution in [-0.2, 0) is 20.4 Å². The summed E-state index contributed by atoms with van der Waals surface area (Å²) in [6.07, 6.45) is 4.91. The van der Waals surface area contributed by atoms with E-state index in [4.69, 9.17) is 19.3 Å². The molecule has 0 unspecified atom stereocenters. The summed E-state index contributed by atoms with van der Waals surface area (Å²) in [5.74, 6) is 0.882. The Balaban J connectivity index is 2.60. The SMILES string of the molecule is COC[C@@H]1CCCN1/N=C(/C(=O)Oc1c(C(C)(C)C)cc(OC)cc1C(C)(C)C)[C@@H](C)CC=C(C)C. The molecule has 1 saturated heterocycles. The van der Waals surface area contributed by atoms with E-state index >= 15 is 0 Å². The molecule has 0 bridgehead atoms. The van der Waals surface area contributed by atoms with Gasteiger partial charge in [0.25, 0.3) is 0 Å². The van der Waals surface area contributed by atoms with Crippen LogP contribution in [0.2, 0.25) is 0 Å². The zero-order valence-electron chi connectivity index (χ0n) is 24.4. The van der Waals surface area contributed by atoms with Gasteiger partial charge in [0.2, 0.25) is 0 Å². The van der Waals surface area contributed by atoms with Gasteiger partial charge in [-0.25, -0.2) is 4.79 Å². The van der Waals surface area contributed by atoms with Crippen molar-refractivity contribution in [3.8, 4) is 11.5 Å². The maximum absolute atomic E-state index is 13.9. The molecule has 36 heavy (non-hydrogen) atoms. The van der Waals surface area contributed by atoms with E-state index in [2.05, 4.69) is 61.5 Å². The number of hydrazone groups is 1. The van der Waals surface area contributed by atoms with Crippen LogP contribution in [0.5, 0.6) is 11.5 Å². The standard InChI is InChI=1S/C30H48N2O4/c1-20(2)14-15-21(3)26(31-32-16-12-13-22(32)19-34-10)28(33)36-27-24(29(4,5)6)17-23(35-11)18-25(27)30(7,8)9/h14,17-18,21-22H,12-13,15-16,19H2,1-11H3/b31-26+/t21-,22-/m0/s1. The van der Waals surface area contributed by atoms with Crippen molar-refractivity contribution in [3.63, 3.8) is 0 Å². The van der Waals surface area contributed by atoms with Gasteiger partial charge in [-0.05, 0) is 56.1 Å². The molecule has 0 N–H and O–H groups in total. The summed E-state index contributed by atoms with van der Waals surface area (Å²) in [7, 11) is 3.38. The first-order valence-electron chi connectivity index (χ1n) is 13.1. The summed E-state index contributed by atoms with van der Waals surface area (Å²) in [5, 5.41) is 6.92. The van der Waals surface area contributed by atoms with Gasteiger partial charge in [-0.2, -0.15) is 5.10 Å². The molecule has 1 heterocycles. The Bertz CT molecular complexity index is 927. The van der Waals surface area contributed by atoms with Crippen LogP contribution in [0.25, 0.3) is 0 Å². The molecule has 0 aromatic heterocycles. The molecule has 1 aliphatic heterocycles. The average molecular weight is 501 g/mol. The first-order valence-corrected chi connectivity index (χ1v) is 13.1. The maximum atomic E-state index is 13.9. The number of hydrogen-bond donors (Lipinski definition) is 0. The Morgan fingerprint density at radius 3 is 2.17 bits per heavy atom. The van der Waals surface area contributed by atoms with Crippen molar-refractivity contribution in [3.05, 3.63) is 34.9 Å². The highest BCUT2D eigenvalue weighted by Crippen LogP contribution is 2.42. The molecule has 202 valence electrons. The van der Waals surface area contributed by atoms with E-state index in [0.29, 0.717) is 18.1 Å². The first kappa shape index (κ1) is 29.9. The molecule has 0 spiro atoms. The highest BCUT2D eigenvalue weighted by molar-refractivity contribution is 6.37. The Morgan fingerprint density at radius 2 is 1.69 bits per heavy atom. The Morgan fingerprint density at radius 1 is 1.11 bits per heavy atom. The van der Waals surface area contributed by atoms with E-state index in [1.807, 2.05) is 24.1 Å². The van der Waals surface area contributed by atoms with Gasteiger partial charge in [0.1, 0.15) is 17.2 Å². The molecule has 6 heteroatoms. The van der Waals surface area contributed by atoms with Crippen LogP contribution in [0.15, 0.2) is 28.9 Å². The van der Waals surface area contributed by atoms with Crippen molar-refractivity contribution >= 4 is 11.7 Å². The number of carbonyl (C=O) groups excluding carboxylic acids is 1. The summed E-state index contributed by atoms with van der Waals surface area (Å²) in [6, 6.07) is 4.14. The van der Waals surface area contributed by atoms with Gasteiger partial charge in [0, 0.05) is 30.7 Å². The predicted molar refractivity (Wildman–Crippen MR) is 148 cm³/mol. The monoisotopic (exact) mass is 500 g/mol. The normalized spacial score (nSPS) is 17.7. The largest absolute Gasteiger partial charge is 0.497 e. The lowest BCUT2D eigenvalue weighted by Gasteiger charge is -2.30. The number of hydrogen-bond acceptors (Lipinski definition) is 6. The van der Waals surface area contributed by atoms with E-state index in [9.17, 15) is 4.79 Å². The molecule has 0 radical (unpaired) electrons. The molecule has 6 nitrogen and oxygen atoms in total. The van der Waals surface area contributed by atoms with Crippen LogP contribution in [0.1, 0.15) is 92.7 Å². The number of allylic oxidation sites excluding steroid dienone is 2. The van der Waals surface area contributed by atoms with Gasteiger partial charge in [-0.3, -0.25) is 5.01 Å². The molecule has 1 aliphatic rings. The third kappa shape index (κ3) is 7.83. The Kier molecular flexibility index (Phi) is 10.2. The van der Waals surface area contributed by atoms with E-state index < -0.39 is 5.97 Å². The average Bonchev–Trinajstić information content (AvgIpc) is 3.21. The molecule has 2 rings (SSSR count). The fourth-order valence-electron chi connectivity index (χ4n) is 4.41. The van der Waals surface area contributed by atoms with E-state index in [-0.39, 0.29) is 22.8 Å². The minimum Gasteiger partial charge on any atom is -0.497 e. The molecular formula is C30H48N2O4. The van der Waals surface area contributed by atoms with Gasteiger partial charge in [0.15, 0.2) is 0 Å². The van der Waals surface area contributed by atoms with E-state index in [1.165, 1.54) is 5.57 Å². The summed E-state index contributed by atoms with van der Waals surface area (Å²) < 4.78 is 17.4. The number of methoxy groups -OCH3 is 2. The number of rotatable bonds is 9. The van der Waals surface area contributed by atoms with Crippen molar-refractivity contribution in [1.29, 1.82) is 0 Å². The molecule has 2 atom stereocenters. The number of ether oxygens (including phenoxy) is 3. The highest BCUT2D eigenvalue weighted by atomic mass is 16.5. The Labute approximate surface area is 219 Å². The van der Waals surface area contributed by atoms with Crippen molar-refractivity contribution in [2.45, 2.75) is 98.4 Å². The van der Waals surface area contributed by atoms with Crippen LogP contribution in [0, 0.1) is 5.92 Å². The molecule has 1 aromatic carbocycles. The lowest BCUT2D eigenvalue weighted by atomic mass is 9.79. The summed E-state index contributed by atoms with van der Waals surface area (Å²) in [4.78, 5) is 13.9. The third-order valence-corrected chi connectivity index (χ3v) is 6.61. The minimum absolute atomic E-state index is 0.0920. The van der Waals surface area contributed by atoms with Crippen LogP contribution < -0.4 is 9.47 Å². The highest BCUT2D eigenvalue weighted by Gasteiger charge is 2.33. The van der Waals surface area contributed by atoms with Crippen LogP contribution in [-0.4, -0.2) is 50.1 Å². The van der Waals surface area contributed by atoms with Gasteiger partial charge in [-0.1, -0.05) is 60.1 Å². The maximum Gasteiger partial charge on any atom is 0.360 e. The lowest BCUT2D eigenvalue weighted by molar-refractivity contribution is -0.127. The predicted octanol–water partition coefficient (Wildman–Crippen LogP) is 6.65. The smallest absolute Gasteiger partial charge is 0.360 e. The topological polar surface area (TPSA) is 60.4 Å². The Hall–Kier alpha value is -2.34. The number of nitrogens with zero attached hydrogens (tertiary/aromatic N) is 2.